The van der Waals surface area contributed by atoms with Gasteiger partial charge < -0.3 is 25.2 Å². The number of imide groups is 2. The Morgan fingerprint density at radius 3 is 2.08 bits per heavy atom. The van der Waals surface area contributed by atoms with E-state index in [9.17, 15) is 24.0 Å². The van der Waals surface area contributed by atoms with Crippen molar-refractivity contribution in [1.29, 1.82) is 0 Å². The first-order valence-corrected chi connectivity index (χ1v) is 21.7. The molecule has 7 heterocycles. The molecule has 16 nitrogen and oxygen atoms in total. The maximum absolute atomic E-state index is 13.7. The summed E-state index contributed by atoms with van der Waals surface area (Å²) in [5.74, 6) is 0.00151. The van der Waals surface area contributed by atoms with Crippen LogP contribution in [0, 0.1) is 0 Å². The number of aromatic nitrogens is 4. The van der Waals surface area contributed by atoms with Gasteiger partial charge in [-0.15, -0.1) is 0 Å². The molecule has 4 saturated heterocycles. The fraction of sp³-hybridized carbons (Fsp3) is 0.391. The number of amides is 6. The van der Waals surface area contributed by atoms with Gasteiger partial charge in [0.1, 0.15) is 35.4 Å². The van der Waals surface area contributed by atoms with Gasteiger partial charge >= 0.3 is 6.03 Å². The fourth-order valence-electron chi connectivity index (χ4n) is 10.0. The van der Waals surface area contributed by atoms with Crippen LogP contribution in [0.2, 0.25) is 0 Å². The third-order valence-electron chi connectivity index (χ3n) is 13.4. The minimum absolute atomic E-state index is 0.0777. The number of carbonyl (C=O) groups is 5. The lowest BCUT2D eigenvalue weighted by Crippen LogP contribution is -2.54. The standard InChI is InChI=1S/C46H48N10O6/c47-41-39-40(29-6-9-34(10-7-29)62-33-4-2-1-3-5-33)51-56(42(39)49-27-48-41)32-18-22-52(23-19-32)31-16-24-54(25-17-31)46(61)53-20-14-28(15-21-53)30-8-11-35-36(26-30)45(60)55(44(35)59)37-12-13-38(57)50-43(37)58/h1-11,26-28,31-32,37H,12-25H2,(H2,47,48,49)(H,50,57,58). The average Bonchev–Trinajstić information content (AvgIpc) is 3.82. The van der Waals surface area contributed by atoms with Gasteiger partial charge in [-0.2, -0.15) is 5.10 Å². The van der Waals surface area contributed by atoms with Crippen LogP contribution in [0.4, 0.5) is 10.6 Å². The third-order valence-corrected chi connectivity index (χ3v) is 13.4. The number of para-hydroxylation sites is 1. The summed E-state index contributed by atoms with van der Waals surface area (Å²) in [6.07, 6.45) is 6.89. The summed E-state index contributed by atoms with van der Waals surface area (Å²) in [4.78, 5) is 80.9. The Hall–Kier alpha value is -6.68. The van der Waals surface area contributed by atoms with Crippen molar-refractivity contribution in [3.05, 3.63) is 95.8 Å². The largest absolute Gasteiger partial charge is 0.457 e. The molecule has 5 aliphatic heterocycles. The summed E-state index contributed by atoms with van der Waals surface area (Å²) in [6.45, 7) is 4.50. The predicted octanol–water partition coefficient (Wildman–Crippen LogP) is 5.37. The minimum Gasteiger partial charge on any atom is -0.457 e. The van der Waals surface area contributed by atoms with E-state index in [-0.39, 0.29) is 36.4 Å². The molecule has 3 aromatic carbocycles. The number of hydrogen-bond acceptors (Lipinski definition) is 11. The minimum atomic E-state index is -0.993. The highest BCUT2D eigenvalue weighted by Crippen LogP contribution is 2.37. The van der Waals surface area contributed by atoms with Gasteiger partial charge in [0.15, 0.2) is 5.65 Å². The summed E-state index contributed by atoms with van der Waals surface area (Å²) in [7, 11) is 0. The average molecular weight is 837 g/mol. The second-order valence-corrected chi connectivity index (χ2v) is 17.0. The number of urea groups is 1. The molecule has 2 aromatic heterocycles. The summed E-state index contributed by atoms with van der Waals surface area (Å²) in [5, 5.41) is 8.11. The maximum Gasteiger partial charge on any atom is 0.319 e. The molecule has 1 unspecified atom stereocenters. The highest BCUT2D eigenvalue weighted by atomic mass is 16.5. The number of anilines is 1. The van der Waals surface area contributed by atoms with Crippen LogP contribution in [0.5, 0.6) is 11.5 Å². The monoisotopic (exact) mass is 836 g/mol. The first-order valence-electron chi connectivity index (χ1n) is 21.7. The number of ether oxygens (including phenoxy) is 1. The van der Waals surface area contributed by atoms with Crippen LogP contribution in [-0.4, -0.2) is 120 Å². The molecule has 0 saturated carbocycles. The molecule has 318 valence electrons. The molecular weight excluding hydrogens is 789 g/mol. The van der Waals surface area contributed by atoms with Gasteiger partial charge in [-0.05, 0) is 105 Å². The van der Waals surface area contributed by atoms with E-state index in [0.29, 0.717) is 43.6 Å². The Bertz CT molecular complexity index is 2560. The molecule has 5 aliphatic rings. The molecule has 5 aromatic rings. The first kappa shape index (κ1) is 39.5. The number of fused-ring (bicyclic) bond motifs is 2. The molecule has 0 bridgehead atoms. The number of rotatable bonds is 7. The fourth-order valence-corrected chi connectivity index (χ4v) is 10.0. The SMILES string of the molecule is Nc1ncnc2c1c(-c1ccc(Oc3ccccc3)cc1)nn2C1CCN(C2CCN(C(=O)N3CCC(c4ccc5c(c4)C(=O)N(C4CCC(=O)NC4=O)C5=O)CC3)CC2)CC1. The van der Waals surface area contributed by atoms with Crippen molar-refractivity contribution in [2.24, 2.45) is 0 Å². The normalized spacial score (nSPS) is 20.8. The Balaban J connectivity index is 0.716. The molecular formula is C46H48N10O6. The highest BCUT2D eigenvalue weighted by molar-refractivity contribution is 6.23. The number of carbonyl (C=O) groups excluding carboxylic acids is 5. The molecule has 4 fully saturated rings. The molecule has 6 amide bonds. The van der Waals surface area contributed by atoms with E-state index in [2.05, 4.69) is 20.2 Å². The van der Waals surface area contributed by atoms with Gasteiger partial charge in [-0.1, -0.05) is 24.3 Å². The van der Waals surface area contributed by atoms with Crippen LogP contribution in [-0.2, 0) is 9.59 Å². The number of likely N-dealkylation sites (tertiary alicyclic amines) is 3. The van der Waals surface area contributed by atoms with Gasteiger partial charge in [-0.3, -0.25) is 29.4 Å². The van der Waals surface area contributed by atoms with Crippen LogP contribution in [0.3, 0.4) is 0 Å². The number of nitrogens with zero attached hydrogens (tertiary/aromatic N) is 8. The third kappa shape index (κ3) is 7.31. The number of hydrogen-bond donors (Lipinski definition) is 2. The summed E-state index contributed by atoms with van der Waals surface area (Å²) >= 11 is 0. The number of benzene rings is 3. The first-order chi connectivity index (χ1) is 30.2. The quantitative estimate of drug-likeness (QED) is 0.201. The topological polar surface area (TPSA) is 189 Å². The molecule has 0 aliphatic carbocycles. The van der Waals surface area contributed by atoms with Gasteiger partial charge in [0.2, 0.25) is 11.8 Å². The maximum atomic E-state index is 13.7. The molecule has 10 rings (SSSR count). The molecule has 1 atom stereocenters. The van der Waals surface area contributed by atoms with E-state index < -0.39 is 29.7 Å². The molecule has 3 N–H and O–H groups in total. The van der Waals surface area contributed by atoms with Crippen molar-refractivity contribution in [3.8, 4) is 22.8 Å². The lowest BCUT2D eigenvalue weighted by molar-refractivity contribution is -0.136. The lowest BCUT2D eigenvalue weighted by Gasteiger charge is -2.43. The Morgan fingerprint density at radius 1 is 0.710 bits per heavy atom. The summed E-state index contributed by atoms with van der Waals surface area (Å²) < 4.78 is 8.05. The van der Waals surface area contributed by atoms with Crippen LogP contribution in [0.15, 0.2) is 79.1 Å². The van der Waals surface area contributed by atoms with E-state index in [1.165, 1.54) is 6.33 Å². The van der Waals surface area contributed by atoms with Crippen LogP contribution in [0.1, 0.15) is 89.6 Å². The number of nitrogens with two attached hydrogens (primary N) is 1. The van der Waals surface area contributed by atoms with Gasteiger partial charge in [0, 0.05) is 57.3 Å². The Morgan fingerprint density at radius 2 is 1.37 bits per heavy atom. The smallest absolute Gasteiger partial charge is 0.319 e. The van der Waals surface area contributed by atoms with Crippen molar-refractivity contribution in [2.45, 2.75) is 75.4 Å². The van der Waals surface area contributed by atoms with E-state index >= 15 is 0 Å². The second kappa shape index (κ2) is 16.3. The summed E-state index contributed by atoms with van der Waals surface area (Å²) in [5.41, 5.74) is 10.4. The second-order valence-electron chi connectivity index (χ2n) is 17.0. The zero-order valence-corrected chi connectivity index (χ0v) is 34.3. The number of piperidine rings is 4. The number of nitrogen functional groups attached to an aromatic ring is 1. The van der Waals surface area contributed by atoms with Crippen LogP contribution < -0.4 is 15.8 Å². The van der Waals surface area contributed by atoms with Gasteiger partial charge in [0.05, 0.1) is 22.6 Å². The van der Waals surface area contributed by atoms with Crippen molar-refractivity contribution in [1.82, 2.24) is 44.7 Å². The van der Waals surface area contributed by atoms with Crippen molar-refractivity contribution >= 4 is 46.5 Å². The Labute approximate surface area is 358 Å². The zero-order chi connectivity index (χ0) is 42.5. The van der Waals surface area contributed by atoms with E-state index in [0.717, 1.165) is 95.9 Å². The molecule has 16 heteroatoms. The highest BCUT2D eigenvalue weighted by Gasteiger charge is 2.45. The molecule has 0 spiro atoms. The van der Waals surface area contributed by atoms with Crippen molar-refractivity contribution in [2.75, 3.05) is 45.0 Å². The van der Waals surface area contributed by atoms with Gasteiger partial charge in [0.25, 0.3) is 11.8 Å². The van der Waals surface area contributed by atoms with Gasteiger partial charge in [-0.25, -0.2) is 19.4 Å². The number of nitrogens with one attached hydrogen (secondary N) is 1. The lowest BCUT2D eigenvalue weighted by atomic mass is 9.88. The van der Waals surface area contributed by atoms with E-state index in [4.69, 9.17) is 15.6 Å². The van der Waals surface area contributed by atoms with Crippen molar-refractivity contribution in [3.63, 3.8) is 0 Å². The summed E-state index contributed by atoms with van der Waals surface area (Å²) in [6, 6.07) is 22.5. The molecule has 0 radical (unpaired) electrons. The Kier molecular flexibility index (Phi) is 10.4. The predicted molar refractivity (Wildman–Crippen MR) is 228 cm³/mol. The van der Waals surface area contributed by atoms with Crippen LogP contribution in [0.25, 0.3) is 22.3 Å². The zero-order valence-electron chi connectivity index (χ0n) is 34.3. The molecule has 62 heavy (non-hydrogen) atoms. The van der Waals surface area contributed by atoms with E-state index in [1.54, 1.807) is 12.1 Å². The van der Waals surface area contributed by atoms with Crippen LogP contribution >= 0.6 is 0 Å². The van der Waals surface area contributed by atoms with E-state index in [1.807, 2.05) is 75.1 Å². The van der Waals surface area contributed by atoms with Crippen molar-refractivity contribution < 1.29 is 28.7 Å².